The third kappa shape index (κ3) is 3.53. The molecule has 0 amide bonds. The Labute approximate surface area is 129 Å². The zero-order chi connectivity index (χ0) is 14.5. The van der Waals surface area contributed by atoms with Crippen molar-refractivity contribution in [2.45, 2.75) is 33.6 Å². The molecule has 0 nitrogen and oxygen atoms in total. The SMILES string of the molecule is CCc1cc(CC)cc([SiH](CCl)c2cccc(C)c2)c1. The molecule has 0 bridgehead atoms. The van der Waals surface area contributed by atoms with Crippen LogP contribution in [0.3, 0.4) is 0 Å². The molecule has 0 spiro atoms. The lowest BCUT2D eigenvalue weighted by Crippen LogP contribution is -2.44. The van der Waals surface area contributed by atoms with Gasteiger partial charge in [-0.25, -0.2) is 0 Å². The first-order valence-electron chi connectivity index (χ1n) is 7.43. The molecule has 0 aromatic heterocycles. The van der Waals surface area contributed by atoms with Gasteiger partial charge in [-0.15, -0.1) is 11.6 Å². The van der Waals surface area contributed by atoms with Crippen LogP contribution in [0.1, 0.15) is 30.5 Å². The van der Waals surface area contributed by atoms with Crippen molar-refractivity contribution in [2.75, 3.05) is 5.50 Å². The molecule has 0 fully saturated rings. The maximum atomic E-state index is 6.34. The van der Waals surface area contributed by atoms with E-state index >= 15 is 0 Å². The first-order valence-corrected chi connectivity index (χ1v) is 9.93. The molecular formula is C18H23ClSi. The third-order valence-corrected chi connectivity index (χ3v) is 7.43. The second kappa shape index (κ2) is 7.10. The highest BCUT2D eigenvalue weighted by Crippen LogP contribution is 2.07. The number of rotatable bonds is 5. The van der Waals surface area contributed by atoms with Crippen LogP contribution in [0.2, 0.25) is 0 Å². The van der Waals surface area contributed by atoms with E-state index in [0.29, 0.717) is 0 Å². The largest absolute Gasteiger partial charge is 0.130 e. The van der Waals surface area contributed by atoms with Crippen LogP contribution in [0, 0.1) is 6.92 Å². The lowest BCUT2D eigenvalue weighted by atomic mass is 10.1. The van der Waals surface area contributed by atoms with E-state index in [-0.39, 0.29) is 0 Å². The number of aryl methyl sites for hydroxylation is 3. The molecule has 20 heavy (non-hydrogen) atoms. The second-order valence-electron chi connectivity index (χ2n) is 5.41. The summed E-state index contributed by atoms with van der Waals surface area (Å²) in [4.78, 5) is 0. The van der Waals surface area contributed by atoms with Crippen molar-refractivity contribution in [2.24, 2.45) is 0 Å². The van der Waals surface area contributed by atoms with Crippen LogP contribution in [0.5, 0.6) is 0 Å². The highest BCUT2D eigenvalue weighted by atomic mass is 35.5. The molecule has 2 heteroatoms. The summed E-state index contributed by atoms with van der Waals surface area (Å²) < 4.78 is 0. The predicted molar refractivity (Wildman–Crippen MR) is 93.5 cm³/mol. The van der Waals surface area contributed by atoms with Crippen LogP contribution in [0.4, 0.5) is 0 Å². The van der Waals surface area contributed by atoms with Crippen LogP contribution in [0.15, 0.2) is 42.5 Å². The van der Waals surface area contributed by atoms with Crippen LogP contribution >= 0.6 is 11.6 Å². The molecule has 0 saturated heterocycles. The lowest BCUT2D eigenvalue weighted by molar-refractivity contribution is 1.09. The van der Waals surface area contributed by atoms with Gasteiger partial charge >= 0.3 is 0 Å². The highest BCUT2D eigenvalue weighted by Gasteiger charge is 2.16. The van der Waals surface area contributed by atoms with Gasteiger partial charge in [-0.3, -0.25) is 0 Å². The molecular weight excluding hydrogens is 280 g/mol. The molecule has 2 rings (SSSR count). The molecule has 0 aliphatic heterocycles. The van der Waals surface area contributed by atoms with Gasteiger partial charge in [0, 0.05) is 5.50 Å². The lowest BCUT2D eigenvalue weighted by Gasteiger charge is -2.16. The van der Waals surface area contributed by atoms with Crippen molar-refractivity contribution >= 4 is 30.8 Å². The molecule has 0 aliphatic rings. The smallest absolute Gasteiger partial charge is 0.117 e. The summed E-state index contributed by atoms with van der Waals surface area (Å²) in [6.45, 7) is 6.61. The standard InChI is InChI=1S/C18H23ClSi/c1-4-15-10-16(5-2)12-18(11-15)20(13-19)17-8-6-7-14(3)9-17/h6-12,20H,4-5,13H2,1-3H3. The van der Waals surface area contributed by atoms with Gasteiger partial charge in [0.15, 0.2) is 0 Å². The monoisotopic (exact) mass is 302 g/mol. The number of alkyl halides is 1. The summed E-state index contributed by atoms with van der Waals surface area (Å²) in [6, 6.07) is 16.0. The van der Waals surface area contributed by atoms with E-state index in [1.165, 1.54) is 27.1 Å². The van der Waals surface area contributed by atoms with Gasteiger partial charge in [-0.2, -0.15) is 0 Å². The number of halogens is 1. The zero-order valence-electron chi connectivity index (χ0n) is 12.6. The average molecular weight is 303 g/mol. The summed E-state index contributed by atoms with van der Waals surface area (Å²) in [6.07, 6.45) is 2.19. The van der Waals surface area contributed by atoms with E-state index in [0.717, 1.165) is 18.3 Å². The third-order valence-electron chi connectivity index (χ3n) is 3.89. The van der Waals surface area contributed by atoms with Crippen molar-refractivity contribution < 1.29 is 0 Å². The Morgan fingerprint density at radius 3 is 2.05 bits per heavy atom. The molecule has 1 atom stereocenters. The molecule has 2 aromatic rings. The van der Waals surface area contributed by atoms with Gasteiger partial charge in [0.2, 0.25) is 0 Å². The molecule has 2 aromatic carbocycles. The topological polar surface area (TPSA) is 0 Å². The van der Waals surface area contributed by atoms with Crippen LogP contribution in [-0.2, 0) is 12.8 Å². The summed E-state index contributed by atoms with van der Waals surface area (Å²) in [5.41, 5.74) is 4.97. The predicted octanol–water partition coefficient (Wildman–Crippen LogP) is 3.24. The minimum Gasteiger partial charge on any atom is -0.130 e. The molecule has 1 unspecified atom stereocenters. The Morgan fingerprint density at radius 2 is 1.55 bits per heavy atom. The first kappa shape index (κ1) is 15.3. The Hall–Kier alpha value is -1.05. The zero-order valence-corrected chi connectivity index (χ0v) is 14.5. The second-order valence-corrected chi connectivity index (χ2v) is 9.08. The summed E-state index contributed by atoms with van der Waals surface area (Å²) in [7, 11) is -1.28. The van der Waals surface area contributed by atoms with Gasteiger partial charge < -0.3 is 0 Å². The molecule has 0 N–H and O–H groups in total. The maximum absolute atomic E-state index is 6.34. The first-order chi connectivity index (χ1) is 9.67. The summed E-state index contributed by atoms with van der Waals surface area (Å²) >= 11 is 6.34. The van der Waals surface area contributed by atoms with E-state index in [1.54, 1.807) is 0 Å². The van der Waals surface area contributed by atoms with E-state index < -0.39 is 8.80 Å². The van der Waals surface area contributed by atoms with Crippen molar-refractivity contribution in [3.05, 3.63) is 59.2 Å². The minimum absolute atomic E-state index is 0.764. The van der Waals surface area contributed by atoms with E-state index in [4.69, 9.17) is 11.6 Å². The Morgan fingerprint density at radius 1 is 0.900 bits per heavy atom. The van der Waals surface area contributed by atoms with Gasteiger partial charge in [0.05, 0.1) is 0 Å². The van der Waals surface area contributed by atoms with Crippen LogP contribution in [0.25, 0.3) is 0 Å². The normalized spacial score (nSPS) is 12.4. The fraction of sp³-hybridized carbons (Fsp3) is 0.333. The quantitative estimate of drug-likeness (QED) is 0.587. The Kier molecular flexibility index (Phi) is 5.44. The van der Waals surface area contributed by atoms with Gasteiger partial charge in [-0.1, -0.05) is 72.2 Å². The molecule has 0 aliphatic carbocycles. The van der Waals surface area contributed by atoms with E-state index in [2.05, 4.69) is 63.2 Å². The van der Waals surface area contributed by atoms with Crippen LogP contribution < -0.4 is 10.4 Å². The van der Waals surface area contributed by atoms with Crippen molar-refractivity contribution in [3.8, 4) is 0 Å². The fourth-order valence-electron chi connectivity index (χ4n) is 2.66. The van der Waals surface area contributed by atoms with Crippen molar-refractivity contribution in [1.82, 2.24) is 0 Å². The number of hydrogen-bond donors (Lipinski definition) is 0. The Balaban J connectivity index is 2.45. The summed E-state index contributed by atoms with van der Waals surface area (Å²) in [5, 5.41) is 2.94. The van der Waals surface area contributed by atoms with E-state index in [1.807, 2.05) is 0 Å². The maximum Gasteiger partial charge on any atom is 0.117 e. The molecule has 0 saturated carbocycles. The van der Waals surface area contributed by atoms with Gasteiger partial charge in [0.25, 0.3) is 0 Å². The van der Waals surface area contributed by atoms with E-state index in [9.17, 15) is 0 Å². The molecule has 0 radical (unpaired) electrons. The van der Waals surface area contributed by atoms with Gasteiger partial charge in [0.1, 0.15) is 8.80 Å². The van der Waals surface area contributed by atoms with Crippen molar-refractivity contribution in [3.63, 3.8) is 0 Å². The fourth-order valence-corrected chi connectivity index (χ4v) is 6.11. The Bertz CT molecular complexity index is 555. The number of hydrogen-bond acceptors (Lipinski definition) is 0. The molecule has 0 heterocycles. The average Bonchev–Trinajstić information content (AvgIpc) is 2.47. The minimum atomic E-state index is -1.28. The number of benzene rings is 2. The molecule has 106 valence electrons. The van der Waals surface area contributed by atoms with Crippen molar-refractivity contribution in [1.29, 1.82) is 0 Å². The van der Waals surface area contributed by atoms with Crippen LogP contribution in [-0.4, -0.2) is 14.3 Å². The highest BCUT2D eigenvalue weighted by molar-refractivity contribution is 6.89. The van der Waals surface area contributed by atoms with Gasteiger partial charge in [-0.05, 0) is 30.9 Å². The summed E-state index contributed by atoms with van der Waals surface area (Å²) in [5.74, 6) is 0.